The number of hydrogen-bond donors (Lipinski definition) is 0. The van der Waals surface area contributed by atoms with Crippen molar-refractivity contribution in [3.63, 3.8) is 0 Å². The quantitative estimate of drug-likeness (QED) is 0.160. The van der Waals surface area contributed by atoms with Crippen LogP contribution in [0.5, 0.6) is 0 Å². The summed E-state index contributed by atoms with van der Waals surface area (Å²) in [6, 6.07) is 69.1. The third kappa shape index (κ3) is 6.76. The van der Waals surface area contributed by atoms with E-state index in [1.54, 1.807) is 0 Å². The van der Waals surface area contributed by atoms with Crippen molar-refractivity contribution in [3.05, 3.63) is 216 Å². The van der Waals surface area contributed by atoms with Gasteiger partial charge in [0.05, 0.1) is 16.7 Å². The van der Waals surface area contributed by atoms with Crippen molar-refractivity contribution >= 4 is 43.7 Å². The normalized spacial score (nSPS) is 11.6. The molecule has 0 bridgehead atoms. The highest BCUT2D eigenvalue weighted by atomic mass is 16.3. The summed E-state index contributed by atoms with van der Waals surface area (Å²) in [5.74, 6) is 1.81. The molecule has 5 nitrogen and oxygen atoms in total. The Morgan fingerprint density at radius 1 is 0.333 bits per heavy atom. The highest BCUT2D eigenvalue weighted by Gasteiger charge is 2.22. The van der Waals surface area contributed by atoms with Crippen molar-refractivity contribution in [2.24, 2.45) is 0 Å². The number of rotatable bonds is 7. The molecule has 0 amide bonds. The van der Waals surface area contributed by atoms with E-state index in [0.29, 0.717) is 17.5 Å². The molecular formula is C61H44N4O. The Morgan fingerprint density at radius 3 is 1.41 bits per heavy atom. The molecule has 0 N–H and O–H groups in total. The van der Waals surface area contributed by atoms with Crippen LogP contribution in [0.4, 0.5) is 0 Å². The zero-order chi connectivity index (χ0) is 44.5. The first-order valence-electron chi connectivity index (χ1n) is 22.5. The van der Waals surface area contributed by atoms with Gasteiger partial charge in [-0.25, -0.2) is 15.0 Å². The SMILES string of the molecule is Cc1ccc(-c2ccc3c(c2)c2cc(-c4ccc(C)cc4C)ccc2n3-c2ccc(-c3ccc4oc5ccccc5c4c3)cc2-c2nc(-c3ccccc3)nc(-c3ccccc3)n2)c(C)c1. The minimum atomic E-state index is 0.586. The first-order chi connectivity index (χ1) is 32.3. The summed E-state index contributed by atoms with van der Waals surface area (Å²) in [5, 5.41) is 4.52. The lowest BCUT2D eigenvalue weighted by Crippen LogP contribution is -2.04. The maximum atomic E-state index is 6.26. The van der Waals surface area contributed by atoms with Crippen molar-refractivity contribution in [2.45, 2.75) is 27.7 Å². The molecule has 0 saturated carbocycles. The number of furan rings is 1. The lowest BCUT2D eigenvalue weighted by atomic mass is 9.95. The lowest BCUT2D eigenvalue weighted by Gasteiger charge is -2.17. The summed E-state index contributed by atoms with van der Waals surface area (Å²) in [6.07, 6.45) is 0. The molecule has 66 heavy (non-hydrogen) atoms. The van der Waals surface area contributed by atoms with Crippen LogP contribution in [0.1, 0.15) is 22.3 Å². The highest BCUT2D eigenvalue weighted by molar-refractivity contribution is 6.12. The Morgan fingerprint density at radius 2 is 0.818 bits per heavy atom. The minimum Gasteiger partial charge on any atom is -0.456 e. The molecule has 314 valence electrons. The van der Waals surface area contributed by atoms with Gasteiger partial charge in [-0.3, -0.25) is 0 Å². The standard InChI is InChI=1S/C61H44N4O/c1-37-19-25-47(39(3)31-37)45-22-28-54-50(35-45)51-36-46(48-26-20-38(2)32-40(48)4)23-29-55(51)65(54)56-27-21-43(44-24-30-58-52(33-44)49-17-11-12-18-57(49)66-58)34-53(56)61-63-59(41-13-7-5-8-14-41)62-60(64-61)42-15-9-6-10-16-42/h5-36H,1-4H3. The van der Waals surface area contributed by atoms with Gasteiger partial charge < -0.3 is 8.98 Å². The first kappa shape index (κ1) is 39.2. The van der Waals surface area contributed by atoms with Gasteiger partial charge in [-0.2, -0.15) is 0 Å². The summed E-state index contributed by atoms with van der Waals surface area (Å²) < 4.78 is 8.67. The van der Waals surface area contributed by atoms with Crippen LogP contribution in [-0.2, 0) is 0 Å². The molecule has 0 aliphatic heterocycles. The fourth-order valence-corrected chi connectivity index (χ4v) is 9.82. The largest absolute Gasteiger partial charge is 0.456 e. The number of fused-ring (bicyclic) bond motifs is 6. The maximum absolute atomic E-state index is 6.26. The van der Waals surface area contributed by atoms with Crippen LogP contribution in [0.2, 0.25) is 0 Å². The van der Waals surface area contributed by atoms with Crippen molar-refractivity contribution in [3.8, 4) is 73.2 Å². The molecule has 5 heteroatoms. The maximum Gasteiger partial charge on any atom is 0.166 e. The fraction of sp³-hybridized carbons (Fsp3) is 0.0656. The van der Waals surface area contributed by atoms with E-state index >= 15 is 0 Å². The molecule has 12 rings (SSSR count). The second-order valence-electron chi connectivity index (χ2n) is 17.5. The van der Waals surface area contributed by atoms with Gasteiger partial charge in [-0.15, -0.1) is 0 Å². The van der Waals surface area contributed by atoms with Crippen molar-refractivity contribution in [2.75, 3.05) is 0 Å². The molecule has 0 saturated heterocycles. The number of nitrogens with zero attached hydrogens (tertiary/aromatic N) is 4. The second-order valence-corrected chi connectivity index (χ2v) is 17.5. The third-order valence-corrected chi connectivity index (χ3v) is 13.0. The summed E-state index contributed by atoms with van der Waals surface area (Å²) in [6.45, 7) is 8.72. The van der Waals surface area contributed by atoms with E-state index in [4.69, 9.17) is 19.4 Å². The zero-order valence-electron chi connectivity index (χ0n) is 37.2. The van der Waals surface area contributed by atoms with Crippen molar-refractivity contribution < 1.29 is 4.42 Å². The van der Waals surface area contributed by atoms with Crippen LogP contribution < -0.4 is 0 Å². The molecule has 0 radical (unpaired) electrons. The van der Waals surface area contributed by atoms with Crippen LogP contribution in [0.3, 0.4) is 0 Å². The van der Waals surface area contributed by atoms with E-state index in [-0.39, 0.29) is 0 Å². The van der Waals surface area contributed by atoms with Crippen LogP contribution in [-0.4, -0.2) is 19.5 Å². The van der Waals surface area contributed by atoms with Crippen LogP contribution in [0, 0.1) is 27.7 Å². The molecule has 0 atom stereocenters. The predicted octanol–water partition coefficient (Wildman–Crippen LogP) is 16.1. The Balaban J connectivity index is 1.15. The zero-order valence-corrected chi connectivity index (χ0v) is 37.2. The van der Waals surface area contributed by atoms with Crippen LogP contribution in [0.25, 0.3) is 117 Å². The molecule has 0 aliphatic carbocycles. The van der Waals surface area contributed by atoms with E-state index < -0.39 is 0 Å². The molecule has 0 unspecified atom stereocenters. The second kappa shape index (κ2) is 15.7. The van der Waals surface area contributed by atoms with Gasteiger partial charge in [0.15, 0.2) is 17.5 Å². The summed E-state index contributed by atoms with van der Waals surface area (Å²) >= 11 is 0. The van der Waals surface area contributed by atoms with Gasteiger partial charge in [-0.1, -0.05) is 151 Å². The molecular weight excluding hydrogens is 805 g/mol. The van der Waals surface area contributed by atoms with Gasteiger partial charge in [-0.05, 0) is 127 Å². The Kier molecular flexibility index (Phi) is 9.32. The summed E-state index contributed by atoms with van der Waals surface area (Å²) in [4.78, 5) is 15.8. The Labute approximate surface area is 383 Å². The average molecular weight is 849 g/mol. The van der Waals surface area contributed by atoms with E-state index in [9.17, 15) is 0 Å². The van der Waals surface area contributed by atoms with E-state index in [2.05, 4.69) is 178 Å². The van der Waals surface area contributed by atoms with E-state index in [1.165, 1.54) is 55.3 Å². The van der Waals surface area contributed by atoms with Crippen molar-refractivity contribution in [1.82, 2.24) is 19.5 Å². The fourth-order valence-electron chi connectivity index (χ4n) is 9.82. The van der Waals surface area contributed by atoms with E-state index in [1.807, 2.05) is 48.5 Å². The Bertz CT molecular complexity index is 3700. The van der Waals surface area contributed by atoms with Gasteiger partial charge in [0, 0.05) is 38.2 Å². The third-order valence-electron chi connectivity index (χ3n) is 13.0. The Hall–Kier alpha value is -8.41. The lowest BCUT2D eigenvalue weighted by molar-refractivity contribution is 0.669. The van der Waals surface area contributed by atoms with Gasteiger partial charge >= 0.3 is 0 Å². The highest BCUT2D eigenvalue weighted by Crippen LogP contribution is 2.42. The topological polar surface area (TPSA) is 56.7 Å². The van der Waals surface area contributed by atoms with Crippen LogP contribution >= 0.6 is 0 Å². The van der Waals surface area contributed by atoms with Gasteiger partial charge in [0.25, 0.3) is 0 Å². The van der Waals surface area contributed by atoms with Crippen LogP contribution in [0.15, 0.2) is 199 Å². The van der Waals surface area contributed by atoms with Gasteiger partial charge in [0.1, 0.15) is 11.2 Å². The monoisotopic (exact) mass is 848 g/mol. The van der Waals surface area contributed by atoms with Gasteiger partial charge in [0.2, 0.25) is 0 Å². The number of benzene rings is 9. The molecule has 0 aliphatic rings. The number of aromatic nitrogens is 4. The van der Waals surface area contributed by atoms with E-state index in [0.717, 1.165) is 66.5 Å². The molecule has 0 fully saturated rings. The molecule has 0 spiro atoms. The number of para-hydroxylation sites is 1. The number of aryl methyl sites for hydroxylation is 4. The first-order valence-corrected chi connectivity index (χ1v) is 22.5. The predicted molar refractivity (Wildman–Crippen MR) is 273 cm³/mol. The molecule has 3 aromatic heterocycles. The average Bonchev–Trinajstić information content (AvgIpc) is 3.89. The summed E-state index contributed by atoms with van der Waals surface area (Å²) in [7, 11) is 0. The molecule has 12 aromatic rings. The summed E-state index contributed by atoms with van der Waals surface area (Å²) in [5.41, 5.74) is 19.6. The minimum absolute atomic E-state index is 0.586. The smallest absolute Gasteiger partial charge is 0.166 e. The van der Waals surface area contributed by atoms with Crippen molar-refractivity contribution in [1.29, 1.82) is 0 Å². The molecule has 9 aromatic carbocycles. The number of hydrogen-bond acceptors (Lipinski definition) is 4. The molecule has 3 heterocycles.